The summed E-state index contributed by atoms with van der Waals surface area (Å²) in [5.41, 5.74) is -1.41. The average Bonchev–Trinajstić information content (AvgIpc) is 2.47. The van der Waals surface area contributed by atoms with E-state index in [9.17, 15) is 31.2 Å². The molecule has 0 bridgehead atoms. The summed E-state index contributed by atoms with van der Waals surface area (Å²) in [4.78, 5) is 23.8. The second-order valence-corrected chi connectivity index (χ2v) is 7.00. The molecule has 2 rings (SSSR count). The van der Waals surface area contributed by atoms with Gasteiger partial charge in [0, 0.05) is 23.5 Å². The van der Waals surface area contributed by atoms with Crippen LogP contribution in [0.4, 0.5) is 18.9 Å². The van der Waals surface area contributed by atoms with Crippen molar-refractivity contribution in [3.8, 4) is 0 Å². The summed E-state index contributed by atoms with van der Waals surface area (Å²) in [6.07, 6.45) is -3.08. The number of carbonyl (C=O) groups is 1. The molecule has 10 heteroatoms. The summed E-state index contributed by atoms with van der Waals surface area (Å²) in [6, 6.07) is 6.69. The fourth-order valence-electron chi connectivity index (χ4n) is 2.01. The number of hydrogen-bond acceptors (Lipinski definition) is 4. The Hall–Kier alpha value is -2.62. The third kappa shape index (κ3) is 5.18. The van der Waals surface area contributed by atoms with Crippen molar-refractivity contribution in [1.82, 2.24) is 4.57 Å². The van der Waals surface area contributed by atoms with Gasteiger partial charge in [-0.1, -0.05) is 0 Å². The van der Waals surface area contributed by atoms with E-state index in [1.54, 1.807) is 0 Å². The second kappa shape index (κ2) is 6.71. The molecule has 0 fully saturated rings. The quantitative estimate of drug-likeness (QED) is 0.813. The molecule has 0 aliphatic carbocycles. The molecular formula is C15H13F3N2O4S. The van der Waals surface area contributed by atoms with Crippen LogP contribution in [-0.4, -0.2) is 25.0 Å². The maximum atomic E-state index is 12.7. The first-order valence-corrected chi connectivity index (χ1v) is 8.73. The zero-order valence-corrected chi connectivity index (χ0v) is 13.7. The number of rotatable bonds is 5. The maximum Gasteiger partial charge on any atom is 0.417 e. The highest BCUT2D eigenvalue weighted by molar-refractivity contribution is 7.92. The topological polar surface area (TPSA) is 85.2 Å². The summed E-state index contributed by atoms with van der Waals surface area (Å²) < 4.78 is 63.1. The lowest BCUT2D eigenvalue weighted by Gasteiger charge is -2.10. The molecule has 0 saturated heterocycles. The lowest BCUT2D eigenvalue weighted by atomic mass is 10.1. The third-order valence-electron chi connectivity index (χ3n) is 3.13. The fourth-order valence-corrected chi connectivity index (χ4v) is 2.57. The predicted molar refractivity (Wildman–Crippen MR) is 84.9 cm³/mol. The number of alkyl halides is 3. The van der Waals surface area contributed by atoms with E-state index in [0.717, 1.165) is 12.3 Å². The SMILES string of the molecule is CS(=O)(=O)Nc1ccc(C(=O)Cn2cc(C(F)(F)F)ccc2=O)cc1. The number of benzene rings is 1. The number of nitrogens with one attached hydrogen (secondary N) is 1. The zero-order chi connectivity index (χ0) is 18.8. The van der Waals surface area contributed by atoms with Crippen molar-refractivity contribution < 1.29 is 26.4 Å². The Labute approximate surface area is 141 Å². The number of Topliss-reactive ketones (excluding diaryl/α,β-unsaturated/α-hetero) is 1. The van der Waals surface area contributed by atoms with Crippen molar-refractivity contribution >= 4 is 21.5 Å². The van der Waals surface area contributed by atoms with Gasteiger partial charge < -0.3 is 4.57 Å². The number of carbonyl (C=O) groups excluding carboxylic acids is 1. The summed E-state index contributed by atoms with van der Waals surface area (Å²) in [5.74, 6) is -0.590. The minimum Gasteiger partial charge on any atom is -0.307 e. The first-order valence-electron chi connectivity index (χ1n) is 6.84. The molecule has 0 saturated carbocycles. The highest BCUT2D eigenvalue weighted by Crippen LogP contribution is 2.28. The van der Waals surface area contributed by atoms with Crippen LogP contribution in [0.2, 0.25) is 0 Å². The van der Waals surface area contributed by atoms with Gasteiger partial charge in [0.2, 0.25) is 10.0 Å². The van der Waals surface area contributed by atoms with Gasteiger partial charge in [0.05, 0.1) is 18.4 Å². The van der Waals surface area contributed by atoms with Crippen LogP contribution in [0.25, 0.3) is 0 Å². The molecule has 6 nitrogen and oxygen atoms in total. The van der Waals surface area contributed by atoms with E-state index < -0.39 is 39.7 Å². The van der Waals surface area contributed by atoms with Gasteiger partial charge in [-0.2, -0.15) is 13.2 Å². The third-order valence-corrected chi connectivity index (χ3v) is 3.74. The Morgan fingerprint density at radius 1 is 1.12 bits per heavy atom. The van der Waals surface area contributed by atoms with Gasteiger partial charge in [0.15, 0.2) is 5.78 Å². The molecule has 0 aliphatic heterocycles. The maximum absolute atomic E-state index is 12.7. The Balaban J connectivity index is 2.21. The van der Waals surface area contributed by atoms with Crippen LogP contribution < -0.4 is 10.3 Å². The van der Waals surface area contributed by atoms with Gasteiger partial charge in [-0.3, -0.25) is 14.3 Å². The summed E-state index contributed by atoms with van der Waals surface area (Å²) in [5, 5.41) is 0. The second-order valence-electron chi connectivity index (χ2n) is 5.26. The van der Waals surface area contributed by atoms with E-state index >= 15 is 0 Å². The van der Waals surface area contributed by atoms with Crippen LogP contribution in [0, 0.1) is 0 Å². The van der Waals surface area contributed by atoms with Crippen molar-refractivity contribution in [1.29, 1.82) is 0 Å². The normalized spacial score (nSPS) is 12.0. The van der Waals surface area contributed by atoms with E-state index in [-0.39, 0.29) is 11.3 Å². The number of anilines is 1. The molecule has 1 aromatic carbocycles. The van der Waals surface area contributed by atoms with Gasteiger partial charge in [-0.25, -0.2) is 8.42 Å². The zero-order valence-electron chi connectivity index (χ0n) is 12.9. The van der Waals surface area contributed by atoms with Crippen molar-refractivity contribution in [3.63, 3.8) is 0 Å². The number of aromatic nitrogens is 1. The molecule has 1 N–H and O–H groups in total. The molecule has 0 aliphatic rings. The predicted octanol–water partition coefficient (Wildman–Crippen LogP) is 2.12. The lowest BCUT2D eigenvalue weighted by Crippen LogP contribution is -2.25. The van der Waals surface area contributed by atoms with Crippen molar-refractivity contribution in [2.75, 3.05) is 11.0 Å². The Morgan fingerprint density at radius 2 is 1.72 bits per heavy atom. The Kier molecular flexibility index (Phi) is 5.02. The first kappa shape index (κ1) is 18.7. The van der Waals surface area contributed by atoms with Crippen LogP contribution in [0.3, 0.4) is 0 Å². The van der Waals surface area contributed by atoms with E-state index in [4.69, 9.17) is 0 Å². The van der Waals surface area contributed by atoms with Crippen LogP contribution >= 0.6 is 0 Å². The Morgan fingerprint density at radius 3 is 2.24 bits per heavy atom. The highest BCUT2D eigenvalue weighted by Gasteiger charge is 2.31. The molecule has 0 amide bonds. The molecule has 25 heavy (non-hydrogen) atoms. The smallest absolute Gasteiger partial charge is 0.307 e. The van der Waals surface area contributed by atoms with Crippen LogP contribution in [0.5, 0.6) is 0 Å². The van der Waals surface area contributed by atoms with Crippen LogP contribution in [0.1, 0.15) is 15.9 Å². The van der Waals surface area contributed by atoms with Gasteiger partial charge >= 0.3 is 6.18 Å². The highest BCUT2D eigenvalue weighted by atomic mass is 32.2. The number of sulfonamides is 1. The molecule has 0 atom stereocenters. The number of nitrogens with zero attached hydrogens (tertiary/aromatic N) is 1. The van der Waals surface area contributed by atoms with Crippen molar-refractivity contribution in [3.05, 3.63) is 64.1 Å². The van der Waals surface area contributed by atoms with Crippen LogP contribution in [-0.2, 0) is 22.7 Å². The molecule has 1 aromatic heterocycles. The minimum atomic E-state index is -4.63. The van der Waals surface area contributed by atoms with E-state index in [1.165, 1.54) is 24.3 Å². The van der Waals surface area contributed by atoms with Crippen molar-refractivity contribution in [2.24, 2.45) is 0 Å². The van der Waals surface area contributed by atoms with Gasteiger partial charge in [0.25, 0.3) is 5.56 Å². The van der Waals surface area contributed by atoms with E-state index in [0.29, 0.717) is 16.8 Å². The molecule has 1 heterocycles. The van der Waals surface area contributed by atoms with Crippen molar-refractivity contribution in [2.45, 2.75) is 12.7 Å². The van der Waals surface area contributed by atoms with Crippen LogP contribution in [0.15, 0.2) is 47.4 Å². The fraction of sp³-hybridized carbons (Fsp3) is 0.200. The monoisotopic (exact) mass is 374 g/mol. The van der Waals surface area contributed by atoms with E-state index in [1.807, 2.05) is 0 Å². The molecule has 0 radical (unpaired) electrons. The first-order chi connectivity index (χ1) is 11.5. The number of hydrogen-bond donors (Lipinski definition) is 1. The van der Waals surface area contributed by atoms with Gasteiger partial charge in [-0.05, 0) is 30.3 Å². The molecule has 2 aromatic rings. The summed E-state index contributed by atoms with van der Waals surface area (Å²) >= 11 is 0. The lowest BCUT2D eigenvalue weighted by molar-refractivity contribution is -0.138. The molecule has 0 spiro atoms. The van der Waals surface area contributed by atoms with Gasteiger partial charge in [-0.15, -0.1) is 0 Å². The summed E-state index contributed by atoms with van der Waals surface area (Å²) in [7, 11) is -3.47. The molecular weight excluding hydrogens is 361 g/mol. The number of pyridine rings is 1. The number of halogens is 3. The number of ketones is 1. The minimum absolute atomic E-state index is 0.128. The van der Waals surface area contributed by atoms with E-state index in [2.05, 4.69) is 4.72 Å². The van der Waals surface area contributed by atoms with Gasteiger partial charge in [0.1, 0.15) is 0 Å². The molecule has 134 valence electrons. The largest absolute Gasteiger partial charge is 0.417 e. The summed E-state index contributed by atoms with van der Waals surface area (Å²) in [6.45, 7) is -0.568. The molecule has 0 unspecified atom stereocenters. The average molecular weight is 374 g/mol. The standard InChI is InChI=1S/C15H13F3N2O4S/c1-25(23,24)19-12-5-2-10(3-6-12)13(21)9-20-8-11(15(16,17)18)4-7-14(20)22/h2-8,19H,9H2,1H3. The Bertz CT molecular complexity index is 948.